The fourth-order valence-electron chi connectivity index (χ4n) is 3.12. The summed E-state index contributed by atoms with van der Waals surface area (Å²) in [5.74, 6) is 0. The molecule has 0 amide bonds. The second-order valence-corrected chi connectivity index (χ2v) is 7.24. The molecule has 0 aromatic rings. The van der Waals surface area contributed by atoms with E-state index >= 15 is 0 Å². The molecule has 0 heterocycles. The van der Waals surface area contributed by atoms with E-state index in [9.17, 15) is 0 Å². The van der Waals surface area contributed by atoms with Crippen LogP contribution in [0.15, 0.2) is 12.2 Å². The van der Waals surface area contributed by atoms with E-state index in [-0.39, 0.29) is 0 Å². The van der Waals surface area contributed by atoms with E-state index in [0.29, 0.717) is 0 Å². The van der Waals surface area contributed by atoms with Gasteiger partial charge in [-0.25, -0.2) is 0 Å². The van der Waals surface area contributed by atoms with E-state index in [4.69, 9.17) is 0 Å². The minimum Gasteiger partial charge on any atom is -0.306 e. The lowest BCUT2D eigenvalue weighted by molar-refractivity contribution is 0.324. The molecule has 0 spiro atoms. The van der Waals surface area contributed by atoms with E-state index in [1.165, 1.54) is 109 Å². The van der Waals surface area contributed by atoms with Gasteiger partial charge in [0.05, 0.1) is 0 Å². The topological polar surface area (TPSA) is 3.24 Å². The second kappa shape index (κ2) is 19.7. The van der Waals surface area contributed by atoms with Crippen LogP contribution in [0.4, 0.5) is 0 Å². The van der Waals surface area contributed by atoms with Gasteiger partial charge < -0.3 is 4.90 Å². The largest absolute Gasteiger partial charge is 0.306 e. The van der Waals surface area contributed by atoms with Gasteiger partial charge in [-0.1, -0.05) is 83.8 Å². The summed E-state index contributed by atoms with van der Waals surface area (Å²) in [4.78, 5) is 2.47. The lowest BCUT2D eigenvalue weighted by Crippen LogP contribution is -2.20. The third-order valence-corrected chi connectivity index (χ3v) is 4.66. The van der Waals surface area contributed by atoms with E-state index in [1.807, 2.05) is 0 Å². The zero-order valence-corrected chi connectivity index (χ0v) is 16.6. The lowest BCUT2D eigenvalue weighted by atomic mass is 10.1. The zero-order valence-electron chi connectivity index (χ0n) is 16.6. The van der Waals surface area contributed by atoms with Crippen molar-refractivity contribution in [2.45, 2.75) is 110 Å². The van der Waals surface area contributed by atoms with Gasteiger partial charge in [0.25, 0.3) is 0 Å². The van der Waals surface area contributed by atoms with Crippen LogP contribution < -0.4 is 0 Å². The fourth-order valence-corrected chi connectivity index (χ4v) is 3.12. The Bertz CT molecular complexity index is 234. The van der Waals surface area contributed by atoms with Gasteiger partial charge in [0.1, 0.15) is 0 Å². The Balaban J connectivity index is 3.10. The highest BCUT2D eigenvalue weighted by Crippen LogP contribution is 2.10. The Kier molecular flexibility index (Phi) is 19.5. The van der Waals surface area contributed by atoms with Crippen LogP contribution in [0.3, 0.4) is 0 Å². The van der Waals surface area contributed by atoms with Crippen molar-refractivity contribution in [1.29, 1.82) is 0 Å². The highest BCUT2D eigenvalue weighted by molar-refractivity contribution is 4.81. The van der Waals surface area contributed by atoms with Gasteiger partial charge >= 0.3 is 0 Å². The lowest BCUT2D eigenvalue weighted by Gasteiger charge is -2.14. The molecule has 0 fully saturated rings. The monoisotopic (exact) mass is 323 g/mol. The molecule has 1 heteroatoms. The highest BCUT2D eigenvalue weighted by Gasteiger charge is 1.96. The first-order valence-electron chi connectivity index (χ1n) is 10.6. The van der Waals surface area contributed by atoms with Crippen molar-refractivity contribution in [3.63, 3.8) is 0 Å². The van der Waals surface area contributed by atoms with E-state index in [0.717, 1.165) is 0 Å². The Morgan fingerprint density at radius 3 is 1.52 bits per heavy atom. The second-order valence-electron chi connectivity index (χ2n) is 7.24. The van der Waals surface area contributed by atoms with Crippen LogP contribution in [0.1, 0.15) is 110 Å². The maximum atomic E-state index is 2.47. The third-order valence-electron chi connectivity index (χ3n) is 4.66. The van der Waals surface area contributed by atoms with E-state index in [2.05, 4.69) is 37.9 Å². The predicted molar refractivity (Wildman–Crippen MR) is 107 cm³/mol. The summed E-state index contributed by atoms with van der Waals surface area (Å²) in [6, 6.07) is 0. The number of hydrogen-bond acceptors (Lipinski definition) is 1. The van der Waals surface area contributed by atoms with Crippen molar-refractivity contribution >= 4 is 0 Å². The van der Waals surface area contributed by atoms with Gasteiger partial charge in [-0.2, -0.15) is 0 Å². The minimum atomic E-state index is 1.26. The van der Waals surface area contributed by atoms with Crippen LogP contribution in [0.25, 0.3) is 0 Å². The molecule has 0 aliphatic heterocycles. The summed E-state index contributed by atoms with van der Waals surface area (Å²) in [6.07, 6.45) is 25.7. The molecule has 0 aliphatic carbocycles. The molecule has 0 bridgehead atoms. The van der Waals surface area contributed by atoms with Crippen molar-refractivity contribution < 1.29 is 0 Å². The first-order valence-corrected chi connectivity index (χ1v) is 10.6. The summed E-state index contributed by atoms with van der Waals surface area (Å²) in [7, 11) is 2.25. The number of unbranched alkanes of at least 4 members (excludes halogenated alkanes) is 12. The molecule has 138 valence electrons. The molecule has 0 N–H and O–H groups in total. The molecule has 1 nitrogen and oxygen atoms in total. The van der Waals surface area contributed by atoms with Crippen molar-refractivity contribution in [3.05, 3.63) is 12.2 Å². The van der Waals surface area contributed by atoms with Crippen LogP contribution in [0.5, 0.6) is 0 Å². The number of nitrogens with zero attached hydrogens (tertiary/aromatic N) is 1. The van der Waals surface area contributed by atoms with Gasteiger partial charge in [-0.05, 0) is 58.7 Å². The Hall–Kier alpha value is -0.300. The van der Waals surface area contributed by atoms with Gasteiger partial charge in [-0.15, -0.1) is 0 Å². The number of rotatable bonds is 18. The van der Waals surface area contributed by atoms with Crippen molar-refractivity contribution in [3.8, 4) is 0 Å². The molecule has 23 heavy (non-hydrogen) atoms. The van der Waals surface area contributed by atoms with E-state index in [1.54, 1.807) is 0 Å². The quantitative estimate of drug-likeness (QED) is 0.188. The van der Waals surface area contributed by atoms with Crippen LogP contribution in [-0.4, -0.2) is 25.0 Å². The van der Waals surface area contributed by atoms with E-state index < -0.39 is 0 Å². The molecule has 0 radical (unpaired) electrons. The molecular formula is C22H45N. The third kappa shape index (κ3) is 19.7. The van der Waals surface area contributed by atoms with Crippen molar-refractivity contribution in [2.24, 2.45) is 0 Å². The predicted octanol–water partition coefficient (Wildman–Crippen LogP) is 7.37. The molecule has 0 atom stereocenters. The molecule has 0 saturated heterocycles. The standard InChI is InChI=1S/C22H45N/c1-4-6-7-8-9-10-11-12-13-14-15-16-17-18-19-20-22-23(3)21-5-2/h12-13H,4-11,14-22H2,1-3H3/b13-12-. The normalized spacial score (nSPS) is 11.8. The van der Waals surface area contributed by atoms with Gasteiger partial charge in [0.15, 0.2) is 0 Å². The molecule has 0 aromatic carbocycles. The number of hydrogen-bond donors (Lipinski definition) is 0. The SMILES string of the molecule is CCCCCCCC/C=C\CCCCCCCCN(C)CCC. The van der Waals surface area contributed by atoms with Gasteiger partial charge in [0, 0.05) is 0 Å². The molecule has 0 unspecified atom stereocenters. The van der Waals surface area contributed by atoms with Crippen LogP contribution in [0, 0.1) is 0 Å². The summed E-state index contributed by atoms with van der Waals surface area (Å²) >= 11 is 0. The maximum absolute atomic E-state index is 2.47. The Morgan fingerprint density at radius 1 is 0.522 bits per heavy atom. The van der Waals surface area contributed by atoms with Crippen LogP contribution >= 0.6 is 0 Å². The summed E-state index contributed by atoms with van der Waals surface area (Å²) in [6.45, 7) is 7.09. The Labute approximate surface area is 147 Å². The first-order chi connectivity index (χ1) is 11.3. The summed E-state index contributed by atoms with van der Waals surface area (Å²) < 4.78 is 0. The molecular weight excluding hydrogens is 278 g/mol. The highest BCUT2D eigenvalue weighted by atomic mass is 15.1. The smallest absolute Gasteiger partial charge is 0.00218 e. The fraction of sp³-hybridized carbons (Fsp3) is 0.909. The van der Waals surface area contributed by atoms with Gasteiger partial charge in [-0.3, -0.25) is 0 Å². The van der Waals surface area contributed by atoms with Crippen molar-refractivity contribution in [1.82, 2.24) is 4.90 Å². The van der Waals surface area contributed by atoms with Crippen LogP contribution in [-0.2, 0) is 0 Å². The number of allylic oxidation sites excluding steroid dienone is 2. The average molecular weight is 324 g/mol. The molecule has 0 rings (SSSR count). The first kappa shape index (κ1) is 22.7. The summed E-state index contributed by atoms with van der Waals surface area (Å²) in [5.41, 5.74) is 0. The minimum absolute atomic E-state index is 1.26. The van der Waals surface area contributed by atoms with Crippen LogP contribution in [0.2, 0.25) is 0 Å². The summed E-state index contributed by atoms with van der Waals surface area (Å²) in [5, 5.41) is 0. The van der Waals surface area contributed by atoms with Crippen molar-refractivity contribution in [2.75, 3.05) is 20.1 Å². The average Bonchev–Trinajstić information content (AvgIpc) is 2.54. The maximum Gasteiger partial charge on any atom is -0.00218 e. The zero-order chi connectivity index (χ0) is 17.0. The molecule has 0 aliphatic rings. The Morgan fingerprint density at radius 2 is 1.00 bits per heavy atom. The molecule has 0 saturated carbocycles. The van der Waals surface area contributed by atoms with Gasteiger partial charge in [0.2, 0.25) is 0 Å². The molecule has 0 aromatic heterocycles.